The van der Waals surface area contributed by atoms with Crippen LogP contribution in [-0.2, 0) is 22.8 Å². The second-order valence-electron chi connectivity index (χ2n) is 12.5. The number of carbonyl (C=O) groups excluding carboxylic acids is 1. The van der Waals surface area contributed by atoms with Crippen LogP contribution in [-0.4, -0.2) is 59.1 Å². The summed E-state index contributed by atoms with van der Waals surface area (Å²) >= 11 is 0. The maximum absolute atomic E-state index is 13.3. The first-order chi connectivity index (χ1) is 19.1. The molecule has 2 heterocycles. The summed E-state index contributed by atoms with van der Waals surface area (Å²) < 4.78 is 45.3. The van der Waals surface area contributed by atoms with Crippen LogP contribution in [0.4, 0.5) is 13.2 Å². The SMILES string of the molecule is CC1CC1CN1CC[C@]23c4c5ccc(O)c4O[C@H]2[C@H](N(C)C(=O)C#Cc2ccc(C(F)(F)F)cc2)CC[C@H]3[C@H]1C5. The Morgan fingerprint density at radius 3 is 2.65 bits per heavy atom. The second kappa shape index (κ2) is 8.91. The van der Waals surface area contributed by atoms with Crippen molar-refractivity contribution < 1.29 is 27.8 Å². The van der Waals surface area contributed by atoms with Crippen LogP contribution in [0.3, 0.4) is 0 Å². The van der Waals surface area contributed by atoms with Crippen molar-refractivity contribution in [3.63, 3.8) is 0 Å². The monoisotopic (exact) mass is 550 g/mol. The third-order valence-corrected chi connectivity index (χ3v) is 10.5. The Morgan fingerprint density at radius 1 is 1.20 bits per heavy atom. The fourth-order valence-corrected chi connectivity index (χ4v) is 8.28. The van der Waals surface area contributed by atoms with E-state index in [2.05, 4.69) is 29.7 Å². The number of aromatic hydroxyl groups is 1. The number of amides is 1. The van der Waals surface area contributed by atoms with E-state index in [1.165, 1.54) is 24.1 Å². The molecule has 7 rings (SSSR count). The Bertz CT molecular complexity index is 1430. The van der Waals surface area contributed by atoms with E-state index in [4.69, 9.17) is 4.74 Å². The normalized spacial score (nSPS) is 33.3. The van der Waals surface area contributed by atoms with Crippen molar-refractivity contribution in [3.8, 4) is 23.3 Å². The molecule has 1 N–H and O–H groups in total. The Kier molecular flexibility index (Phi) is 5.74. The molecule has 3 fully saturated rings. The van der Waals surface area contributed by atoms with E-state index in [0.29, 0.717) is 23.3 Å². The minimum Gasteiger partial charge on any atom is -0.504 e. The van der Waals surface area contributed by atoms with Crippen molar-refractivity contribution in [2.24, 2.45) is 17.8 Å². The van der Waals surface area contributed by atoms with E-state index in [1.54, 1.807) is 18.0 Å². The number of halogens is 3. The molecule has 3 aliphatic carbocycles. The molecule has 5 aliphatic rings. The molecule has 210 valence electrons. The van der Waals surface area contributed by atoms with Gasteiger partial charge >= 0.3 is 6.18 Å². The van der Waals surface area contributed by atoms with E-state index in [0.717, 1.165) is 68.3 Å². The van der Waals surface area contributed by atoms with Gasteiger partial charge < -0.3 is 14.7 Å². The minimum atomic E-state index is -4.42. The lowest BCUT2D eigenvalue weighted by Gasteiger charge is -2.60. The third kappa shape index (κ3) is 3.84. The number of likely N-dealkylation sites (tertiary alicyclic amines) is 1. The van der Waals surface area contributed by atoms with Gasteiger partial charge in [0.1, 0.15) is 6.10 Å². The third-order valence-electron chi connectivity index (χ3n) is 10.5. The number of benzene rings is 2. The van der Waals surface area contributed by atoms with Crippen molar-refractivity contribution in [1.82, 2.24) is 9.80 Å². The molecule has 2 aromatic rings. The highest BCUT2D eigenvalue weighted by Gasteiger charge is 2.66. The molecule has 2 aliphatic heterocycles. The van der Waals surface area contributed by atoms with E-state index in [9.17, 15) is 23.1 Å². The van der Waals surface area contributed by atoms with E-state index < -0.39 is 17.6 Å². The summed E-state index contributed by atoms with van der Waals surface area (Å²) in [6.45, 7) is 4.46. The number of likely N-dealkylation sites (N-methyl/N-ethyl adjacent to an activating group) is 1. The van der Waals surface area contributed by atoms with Gasteiger partial charge in [0, 0.05) is 42.1 Å². The Labute approximate surface area is 232 Å². The number of ether oxygens (including phenoxy) is 1. The number of phenolic OH excluding ortho intramolecular Hbond substituents is 1. The van der Waals surface area contributed by atoms with Crippen LogP contribution >= 0.6 is 0 Å². The Hall–Kier alpha value is -3.18. The molecule has 40 heavy (non-hydrogen) atoms. The average Bonchev–Trinajstić information content (AvgIpc) is 3.51. The smallest absolute Gasteiger partial charge is 0.416 e. The fraction of sp³-hybridized carbons (Fsp3) is 0.531. The minimum absolute atomic E-state index is 0.156. The molecule has 8 heteroatoms. The summed E-state index contributed by atoms with van der Waals surface area (Å²) in [6.07, 6.45) is 0.239. The van der Waals surface area contributed by atoms with Crippen molar-refractivity contribution >= 4 is 5.91 Å². The molecule has 0 aromatic heterocycles. The van der Waals surface area contributed by atoms with Crippen molar-refractivity contribution in [1.29, 1.82) is 0 Å². The van der Waals surface area contributed by atoms with Crippen LogP contribution in [0, 0.1) is 29.6 Å². The Balaban J connectivity index is 1.17. The van der Waals surface area contributed by atoms with E-state index in [-0.39, 0.29) is 23.3 Å². The summed E-state index contributed by atoms with van der Waals surface area (Å²) in [5.41, 5.74) is 1.75. The number of rotatable bonds is 3. The summed E-state index contributed by atoms with van der Waals surface area (Å²) in [5, 5.41) is 10.8. The molecule has 2 saturated carbocycles. The lowest BCUT2D eigenvalue weighted by molar-refractivity contribution is -0.137. The first-order valence-corrected chi connectivity index (χ1v) is 14.3. The zero-order chi connectivity index (χ0) is 28.0. The number of alkyl halides is 3. The number of phenols is 1. The molecule has 1 spiro atoms. The molecular weight excluding hydrogens is 517 g/mol. The van der Waals surface area contributed by atoms with Crippen LogP contribution in [0.5, 0.6) is 11.5 Å². The van der Waals surface area contributed by atoms with Gasteiger partial charge in [-0.05, 0) is 92.3 Å². The van der Waals surface area contributed by atoms with E-state index >= 15 is 0 Å². The summed E-state index contributed by atoms with van der Waals surface area (Å²) in [7, 11) is 1.74. The van der Waals surface area contributed by atoms with Gasteiger partial charge in [-0.3, -0.25) is 9.69 Å². The zero-order valence-corrected chi connectivity index (χ0v) is 22.7. The highest BCUT2D eigenvalue weighted by atomic mass is 19.4. The van der Waals surface area contributed by atoms with Crippen molar-refractivity contribution in [2.75, 3.05) is 20.1 Å². The lowest BCUT2D eigenvalue weighted by atomic mass is 9.51. The van der Waals surface area contributed by atoms with Crippen LogP contribution in [0.25, 0.3) is 0 Å². The van der Waals surface area contributed by atoms with Gasteiger partial charge in [0.05, 0.1) is 11.6 Å². The van der Waals surface area contributed by atoms with Gasteiger partial charge in [-0.2, -0.15) is 13.2 Å². The second-order valence-corrected chi connectivity index (χ2v) is 12.5. The van der Waals surface area contributed by atoms with E-state index in [1.807, 2.05) is 0 Å². The van der Waals surface area contributed by atoms with Crippen molar-refractivity contribution in [3.05, 3.63) is 58.7 Å². The highest BCUT2D eigenvalue weighted by Crippen LogP contribution is 2.64. The molecule has 0 radical (unpaired) electrons. The molecule has 2 unspecified atom stereocenters. The van der Waals surface area contributed by atoms with Gasteiger partial charge in [0.25, 0.3) is 5.91 Å². The predicted octanol–water partition coefficient (Wildman–Crippen LogP) is 4.98. The van der Waals surface area contributed by atoms with Crippen LogP contribution < -0.4 is 4.74 Å². The number of hydrogen-bond donors (Lipinski definition) is 1. The van der Waals surface area contributed by atoms with Gasteiger partial charge in [-0.25, -0.2) is 0 Å². The first kappa shape index (κ1) is 25.8. The zero-order valence-electron chi connectivity index (χ0n) is 22.7. The topological polar surface area (TPSA) is 53.0 Å². The van der Waals surface area contributed by atoms with Gasteiger partial charge in [0.15, 0.2) is 11.5 Å². The standard InChI is InChI=1S/C32H33F3N2O3/c1-18-15-21(18)17-37-14-13-31-23-9-10-24(30(31)40-29-26(38)11-6-20(28(29)31)16-25(23)37)36(2)27(39)12-5-19-3-7-22(8-4-19)32(33,34)35/h3-4,6-8,11,18,21,23-25,30,38H,9-10,13-17H2,1-2H3/t18?,21?,23-,24+,25+,30-,31-/m0/s1. The van der Waals surface area contributed by atoms with Gasteiger partial charge in [-0.1, -0.05) is 18.9 Å². The lowest BCUT2D eigenvalue weighted by Crippen LogP contribution is -2.69. The van der Waals surface area contributed by atoms with Crippen LogP contribution in [0.15, 0.2) is 36.4 Å². The molecule has 5 nitrogen and oxygen atoms in total. The number of hydrogen-bond acceptors (Lipinski definition) is 4. The molecule has 1 amide bonds. The molecular formula is C32H33F3N2O3. The van der Waals surface area contributed by atoms with Crippen LogP contribution in [0.1, 0.15) is 54.9 Å². The molecule has 7 atom stereocenters. The van der Waals surface area contributed by atoms with Crippen LogP contribution in [0.2, 0.25) is 0 Å². The average molecular weight is 551 g/mol. The quantitative estimate of drug-likeness (QED) is 0.548. The maximum Gasteiger partial charge on any atom is 0.416 e. The van der Waals surface area contributed by atoms with Gasteiger partial charge in [-0.15, -0.1) is 0 Å². The summed E-state index contributed by atoms with van der Waals surface area (Å²) in [5.74, 6) is 7.70. The molecule has 1 saturated heterocycles. The summed E-state index contributed by atoms with van der Waals surface area (Å²) in [4.78, 5) is 17.6. The summed E-state index contributed by atoms with van der Waals surface area (Å²) in [6, 6.07) is 8.52. The molecule has 2 aromatic carbocycles. The first-order valence-electron chi connectivity index (χ1n) is 14.3. The number of piperidine rings is 1. The predicted molar refractivity (Wildman–Crippen MR) is 143 cm³/mol. The highest BCUT2D eigenvalue weighted by molar-refractivity contribution is 5.94. The van der Waals surface area contributed by atoms with Gasteiger partial charge in [0.2, 0.25) is 0 Å². The largest absolute Gasteiger partial charge is 0.504 e. The fourth-order valence-electron chi connectivity index (χ4n) is 8.28. The Morgan fingerprint density at radius 2 is 1.95 bits per heavy atom. The van der Waals surface area contributed by atoms with Crippen molar-refractivity contribution in [2.45, 2.75) is 68.8 Å². The molecule has 2 bridgehead atoms. The number of carbonyl (C=O) groups is 1. The number of nitrogens with zero attached hydrogens (tertiary/aromatic N) is 2. The maximum atomic E-state index is 13.3.